The summed E-state index contributed by atoms with van der Waals surface area (Å²) in [7, 11) is 0. The van der Waals surface area contributed by atoms with Gasteiger partial charge in [-0.3, -0.25) is 0 Å². The Kier molecular flexibility index (Phi) is 4.25. The average Bonchev–Trinajstić information content (AvgIpc) is 2.78. The van der Waals surface area contributed by atoms with E-state index in [2.05, 4.69) is 20.9 Å². The molecule has 0 unspecified atom stereocenters. The van der Waals surface area contributed by atoms with Crippen LogP contribution in [0.3, 0.4) is 0 Å². The van der Waals surface area contributed by atoms with Gasteiger partial charge in [-0.15, -0.1) is 11.3 Å². The number of aliphatic hydroxyl groups excluding tert-OH is 1. The summed E-state index contributed by atoms with van der Waals surface area (Å²) in [6.45, 7) is 0.151. The van der Waals surface area contributed by atoms with Crippen LogP contribution in [-0.2, 0) is 6.42 Å². The molecule has 0 aliphatic rings. The van der Waals surface area contributed by atoms with Crippen molar-refractivity contribution in [3.63, 3.8) is 0 Å². The van der Waals surface area contributed by atoms with Crippen LogP contribution in [0.5, 0.6) is 0 Å². The molecule has 1 aromatic heterocycles. The predicted octanol–water partition coefficient (Wildman–Crippen LogP) is 3.64. The fourth-order valence-corrected chi connectivity index (χ4v) is 2.70. The van der Waals surface area contributed by atoms with Gasteiger partial charge in [0.15, 0.2) is 0 Å². The summed E-state index contributed by atoms with van der Waals surface area (Å²) in [4.78, 5) is 4.37. The molecule has 0 aliphatic heterocycles. The van der Waals surface area contributed by atoms with Gasteiger partial charge in [-0.2, -0.15) is 0 Å². The summed E-state index contributed by atoms with van der Waals surface area (Å²) in [5.41, 5.74) is 1.41. The average molecular weight is 316 g/mol. The van der Waals surface area contributed by atoms with Crippen molar-refractivity contribution in [3.8, 4) is 10.6 Å². The quantitative estimate of drug-likeness (QED) is 0.934. The smallest absolute Gasteiger partial charge is 0.133 e. The van der Waals surface area contributed by atoms with E-state index in [9.17, 15) is 4.39 Å². The molecule has 17 heavy (non-hydrogen) atoms. The van der Waals surface area contributed by atoms with E-state index in [1.165, 1.54) is 17.4 Å². The summed E-state index contributed by atoms with van der Waals surface area (Å²) in [6.07, 6.45) is 1.41. The maximum atomic E-state index is 13.6. The van der Waals surface area contributed by atoms with Crippen molar-refractivity contribution < 1.29 is 9.50 Å². The van der Waals surface area contributed by atoms with Crippen LogP contribution in [0.2, 0.25) is 0 Å². The lowest BCUT2D eigenvalue weighted by molar-refractivity contribution is 0.288. The lowest BCUT2D eigenvalue weighted by Gasteiger charge is -1.99. The van der Waals surface area contributed by atoms with Crippen molar-refractivity contribution in [2.24, 2.45) is 0 Å². The third-order valence-corrected chi connectivity index (χ3v) is 3.72. The van der Waals surface area contributed by atoms with Crippen LogP contribution < -0.4 is 0 Å². The Bertz CT molecular complexity index is 515. The minimum atomic E-state index is -0.267. The molecule has 90 valence electrons. The minimum absolute atomic E-state index is 0.151. The van der Waals surface area contributed by atoms with E-state index in [0.717, 1.165) is 16.6 Å². The van der Waals surface area contributed by atoms with Gasteiger partial charge in [0.2, 0.25) is 0 Å². The van der Waals surface area contributed by atoms with E-state index in [-0.39, 0.29) is 12.4 Å². The van der Waals surface area contributed by atoms with E-state index >= 15 is 0 Å². The fourth-order valence-electron chi connectivity index (χ4n) is 1.47. The Morgan fingerprint density at radius 2 is 2.24 bits per heavy atom. The monoisotopic (exact) mass is 315 g/mol. The number of benzene rings is 1. The molecule has 2 nitrogen and oxygen atoms in total. The molecule has 0 radical (unpaired) electrons. The molecule has 0 bridgehead atoms. The second-order valence-electron chi connectivity index (χ2n) is 3.60. The molecule has 1 heterocycles. The largest absolute Gasteiger partial charge is 0.396 e. The lowest BCUT2D eigenvalue weighted by atomic mass is 10.2. The number of aryl methyl sites for hydroxylation is 1. The molecule has 2 rings (SSSR count). The molecule has 0 spiro atoms. The molecule has 0 amide bonds. The highest BCUT2D eigenvalue weighted by molar-refractivity contribution is 9.10. The van der Waals surface area contributed by atoms with E-state index in [1.54, 1.807) is 12.1 Å². The highest BCUT2D eigenvalue weighted by Crippen LogP contribution is 2.29. The van der Waals surface area contributed by atoms with Gasteiger partial charge in [-0.25, -0.2) is 9.37 Å². The van der Waals surface area contributed by atoms with E-state index in [1.807, 2.05) is 5.38 Å². The zero-order chi connectivity index (χ0) is 12.3. The van der Waals surface area contributed by atoms with Gasteiger partial charge in [-0.1, -0.05) is 15.9 Å². The standard InChI is InChI=1S/C12H11BrFNOS/c13-8-3-4-11(14)10(6-8)12-15-9(7-17-12)2-1-5-16/h3-4,6-7,16H,1-2,5H2. The van der Waals surface area contributed by atoms with Crippen molar-refractivity contribution in [2.45, 2.75) is 12.8 Å². The van der Waals surface area contributed by atoms with Crippen LogP contribution >= 0.6 is 27.3 Å². The number of aromatic nitrogens is 1. The molecule has 0 atom stereocenters. The zero-order valence-electron chi connectivity index (χ0n) is 8.99. The molecule has 1 N–H and O–H groups in total. The van der Waals surface area contributed by atoms with Gasteiger partial charge in [-0.05, 0) is 31.0 Å². The Morgan fingerprint density at radius 1 is 1.41 bits per heavy atom. The van der Waals surface area contributed by atoms with Gasteiger partial charge in [0, 0.05) is 22.0 Å². The molecule has 0 fully saturated rings. The number of hydrogen-bond acceptors (Lipinski definition) is 3. The molecule has 2 aromatic rings. The molecule has 0 saturated carbocycles. The van der Waals surface area contributed by atoms with Crippen LogP contribution in [-0.4, -0.2) is 16.7 Å². The minimum Gasteiger partial charge on any atom is -0.396 e. The fraction of sp³-hybridized carbons (Fsp3) is 0.250. The Labute approximate surface area is 111 Å². The van der Waals surface area contributed by atoms with Crippen LogP contribution in [0.1, 0.15) is 12.1 Å². The Morgan fingerprint density at radius 3 is 3.00 bits per heavy atom. The van der Waals surface area contributed by atoms with Gasteiger partial charge in [0.25, 0.3) is 0 Å². The van der Waals surface area contributed by atoms with E-state index in [4.69, 9.17) is 5.11 Å². The maximum Gasteiger partial charge on any atom is 0.133 e. The van der Waals surface area contributed by atoms with Gasteiger partial charge in [0.1, 0.15) is 10.8 Å². The summed E-state index contributed by atoms with van der Waals surface area (Å²) in [5.74, 6) is -0.267. The SMILES string of the molecule is OCCCc1csc(-c2cc(Br)ccc2F)n1. The van der Waals surface area contributed by atoms with E-state index in [0.29, 0.717) is 17.0 Å². The zero-order valence-corrected chi connectivity index (χ0v) is 11.4. The maximum absolute atomic E-state index is 13.6. The van der Waals surface area contributed by atoms with Gasteiger partial charge < -0.3 is 5.11 Å². The predicted molar refractivity (Wildman–Crippen MR) is 70.6 cm³/mol. The van der Waals surface area contributed by atoms with Crippen LogP contribution in [0.25, 0.3) is 10.6 Å². The summed E-state index contributed by atoms with van der Waals surface area (Å²) in [6, 6.07) is 4.82. The topological polar surface area (TPSA) is 33.1 Å². The van der Waals surface area contributed by atoms with Gasteiger partial charge >= 0.3 is 0 Å². The second kappa shape index (κ2) is 5.71. The second-order valence-corrected chi connectivity index (χ2v) is 5.37. The molecule has 0 saturated heterocycles. The first-order valence-electron chi connectivity index (χ1n) is 5.21. The molecule has 1 aromatic carbocycles. The first-order valence-corrected chi connectivity index (χ1v) is 6.88. The number of halogens is 2. The number of nitrogens with zero attached hydrogens (tertiary/aromatic N) is 1. The van der Waals surface area contributed by atoms with Crippen molar-refractivity contribution in [1.29, 1.82) is 0 Å². The van der Waals surface area contributed by atoms with Crippen molar-refractivity contribution in [2.75, 3.05) is 6.61 Å². The Balaban J connectivity index is 2.27. The molecule has 5 heteroatoms. The molecule has 0 aliphatic carbocycles. The van der Waals surface area contributed by atoms with Crippen molar-refractivity contribution in [1.82, 2.24) is 4.98 Å². The number of aliphatic hydroxyl groups is 1. The summed E-state index contributed by atoms with van der Waals surface area (Å²) in [5, 5.41) is 11.3. The first kappa shape index (κ1) is 12.7. The van der Waals surface area contributed by atoms with Crippen LogP contribution in [0.15, 0.2) is 28.1 Å². The highest BCUT2D eigenvalue weighted by Gasteiger charge is 2.10. The van der Waals surface area contributed by atoms with Gasteiger partial charge in [0.05, 0.1) is 5.69 Å². The number of rotatable bonds is 4. The number of hydrogen-bond donors (Lipinski definition) is 1. The summed E-state index contributed by atoms with van der Waals surface area (Å²) < 4.78 is 14.5. The van der Waals surface area contributed by atoms with Crippen molar-refractivity contribution >= 4 is 27.3 Å². The summed E-state index contributed by atoms with van der Waals surface area (Å²) >= 11 is 4.74. The lowest BCUT2D eigenvalue weighted by Crippen LogP contribution is -1.90. The number of thiazole rings is 1. The normalized spacial score (nSPS) is 10.8. The van der Waals surface area contributed by atoms with E-state index < -0.39 is 0 Å². The highest BCUT2D eigenvalue weighted by atomic mass is 79.9. The third kappa shape index (κ3) is 3.12. The van der Waals surface area contributed by atoms with Crippen LogP contribution in [0.4, 0.5) is 4.39 Å². The molecular weight excluding hydrogens is 305 g/mol. The van der Waals surface area contributed by atoms with Crippen LogP contribution in [0, 0.1) is 5.82 Å². The first-order chi connectivity index (χ1) is 8.20. The third-order valence-electron chi connectivity index (χ3n) is 2.30. The Hall–Kier alpha value is -0.780. The molecular formula is C12H11BrFNOS. The van der Waals surface area contributed by atoms with Crippen molar-refractivity contribution in [3.05, 3.63) is 39.6 Å².